The summed E-state index contributed by atoms with van der Waals surface area (Å²) < 4.78 is 5.72. The van der Waals surface area contributed by atoms with Gasteiger partial charge in [0.1, 0.15) is 12.4 Å². The van der Waals surface area contributed by atoms with Crippen LogP contribution in [0.15, 0.2) is 42.5 Å². The molecule has 3 rings (SSSR count). The number of ether oxygens (including phenoxy) is 1. The Balaban J connectivity index is 1.98. The van der Waals surface area contributed by atoms with Gasteiger partial charge in [0, 0.05) is 12.1 Å². The van der Waals surface area contributed by atoms with Crippen molar-refractivity contribution in [1.29, 1.82) is 0 Å². The first kappa shape index (κ1) is 13.3. The van der Waals surface area contributed by atoms with E-state index in [0.29, 0.717) is 25.4 Å². The second-order valence-electron chi connectivity index (χ2n) is 4.92. The number of nitrogen functional groups attached to an aromatic ring is 1. The number of hydrogen-bond acceptors (Lipinski definition) is 4. The van der Waals surface area contributed by atoms with E-state index >= 15 is 0 Å². The fourth-order valence-electron chi connectivity index (χ4n) is 2.55. The first-order valence-electron chi connectivity index (χ1n) is 6.74. The number of nitrogens with two attached hydrogens (primary N) is 1. The van der Waals surface area contributed by atoms with Crippen LogP contribution in [0.2, 0.25) is 0 Å². The van der Waals surface area contributed by atoms with Crippen molar-refractivity contribution in [3.8, 4) is 5.75 Å². The molecule has 1 aliphatic rings. The number of nitrogens with zero attached hydrogens (tertiary/aromatic N) is 1. The molecule has 0 aromatic heterocycles. The number of aromatic carboxylic acids is 1. The molecule has 0 saturated heterocycles. The number of anilines is 2. The molecule has 1 aliphatic heterocycles. The second kappa shape index (κ2) is 5.36. The maximum absolute atomic E-state index is 11.2. The van der Waals surface area contributed by atoms with Crippen molar-refractivity contribution in [2.45, 2.75) is 6.54 Å². The molecular weight excluding hydrogens is 268 g/mol. The SMILES string of the molecule is Nc1c(C(=O)O)cccc1N1CCOc2ccccc2C1. The Morgan fingerprint density at radius 1 is 1.19 bits per heavy atom. The quantitative estimate of drug-likeness (QED) is 0.828. The third kappa shape index (κ3) is 2.50. The maximum atomic E-state index is 11.2. The minimum atomic E-state index is -1.01. The number of carbonyl (C=O) groups is 1. The van der Waals surface area contributed by atoms with Crippen LogP contribution >= 0.6 is 0 Å². The van der Waals surface area contributed by atoms with E-state index in [9.17, 15) is 9.90 Å². The molecule has 0 spiro atoms. The molecule has 1 heterocycles. The van der Waals surface area contributed by atoms with Gasteiger partial charge < -0.3 is 20.5 Å². The zero-order valence-corrected chi connectivity index (χ0v) is 11.5. The molecule has 5 nitrogen and oxygen atoms in total. The van der Waals surface area contributed by atoms with E-state index < -0.39 is 5.97 Å². The van der Waals surface area contributed by atoms with E-state index in [1.807, 2.05) is 35.2 Å². The van der Waals surface area contributed by atoms with Crippen molar-refractivity contribution in [3.05, 3.63) is 53.6 Å². The summed E-state index contributed by atoms with van der Waals surface area (Å²) in [6.45, 7) is 1.83. The molecule has 108 valence electrons. The highest BCUT2D eigenvalue weighted by Crippen LogP contribution is 2.31. The molecule has 0 fully saturated rings. The van der Waals surface area contributed by atoms with Crippen molar-refractivity contribution in [1.82, 2.24) is 0 Å². The number of carboxylic acid groups (broad SMARTS) is 1. The summed E-state index contributed by atoms with van der Waals surface area (Å²) in [5, 5.41) is 9.18. The lowest BCUT2D eigenvalue weighted by atomic mass is 10.1. The van der Waals surface area contributed by atoms with Gasteiger partial charge in [0.15, 0.2) is 0 Å². The van der Waals surface area contributed by atoms with Crippen LogP contribution in [-0.2, 0) is 6.54 Å². The summed E-state index contributed by atoms with van der Waals surface area (Å²) in [7, 11) is 0. The van der Waals surface area contributed by atoms with Crippen LogP contribution in [0.3, 0.4) is 0 Å². The van der Waals surface area contributed by atoms with Gasteiger partial charge >= 0.3 is 5.97 Å². The molecule has 21 heavy (non-hydrogen) atoms. The standard InChI is InChI=1S/C16H16N2O3/c17-15-12(16(19)20)5-3-6-13(15)18-8-9-21-14-7-2-1-4-11(14)10-18/h1-7H,8-10,17H2,(H,19,20). The van der Waals surface area contributed by atoms with Gasteiger partial charge in [-0.15, -0.1) is 0 Å². The minimum absolute atomic E-state index is 0.131. The summed E-state index contributed by atoms with van der Waals surface area (Å²) >= 11 is 0. The van der Waals surface area contributed by atoms with E-state index in [-0.39, 0.29) is 5.56 Å². The number of fused-ring (bicyclic) bond motifs is 1. The zero-order valence-electron chi connectivity index (χ0n) is 11.5. The van der Waals surface area contributed by atoms with Crippen LogP contribution in [0.4, 0.5) is 11.4 Å². The van der Waals surface area contributed by atoms with Crippen LogP contribution < -0.4 is 15.4 Å². The van der Waals surface area contributed by atoms with Gasteiger partial charge in [0.25, 0.3) is 0 Å². The van der Waals surface area contributed by atoms with Gasteiger partial charge in [0.05, 0.1) is 23.5 Å². The highest BCUT2D eigenvalue weighted by Gasteiger charge is 2.19. The summed E-state index contributed by atoms with van der Waals surface area (Å²) in [4.78, 5) is 13.2. The first-order chi connectivity index (χ1) is 10.2. The average molecular weight is 284 g/mol. The van der Waals surface area contributed by atoms with E-state index in [0.717, 1.165) is 17.0 Å². The molecule has 0 unspecified atom stereocenters. The molecular formula is C16H16N2O3. The molecule has 5 heteroatoms. The van der Waals surface area contributed by atoms with Gasteiger partial charge in [-0.1, -0.05) is 24.3 Å². The predicted molar refractivity (Wildman–Crippen MR) is 80.8 cm³/mol. The smallest absolute Gasteiger partial charge is 0.337 e. The Hall–Kier alpha value is -2.69. The summed E-state index contributed by atoms with van der Waals surface area (Å²) in [6.07, 6.45) is 0. The van der Waals surface area contributed by atoms with E-state index in [2.05, 4.69) is 0 Å². The molecule has 0 bridgehead atoms. The number of para-hydroxylation sites is 2. The molecule has 0 radical (unpaired) electrons. The van der Waals surface area contributed by atoms with Crippen LogP contribution in [0, 0.1) is 0 Å². The molecule has 0 amide bonds. The summed E-state index contributed by atoms with van der Waals surface area (Å²) in [5.74, 6) is -0.145. The lowest BCUT2D eigenvalue weighted by Crippen LogP contribution is -2.26. The number of carboxylic acids is 1. The van der Waals surface area contributed by atoms with Crippen LogP contribution in [0.1, 0.15) is 15.9 Å². The number of hydrogen-bond donors (Lipinski definition) is 2. The van der Waals surface area contributed by atoms with E-state index in [1.54, 1.807) is 6.07 Å². The van der Waals surface area contributed by atoms with Crippen LogP contribution in [-0.4, -0.2) is 24.2 Å². The monoisotopic (exact) mass is 284 g/mol. The third-order valence-corrected chi connectivity index (χ3v) is 3.61. The van der Waals surface area contributed by atoms with Gasteiger partial charge in [-0.05, 0) is 18.2 Å². The van der Waals surface area contributed by atoms with Gasteiger partial charge in [-0.2, -0.15) is 0 Å². The summed E-state index contributed by atoms with van der Waals surface area (Å²) in [6, 6.07) is 12.9. The van der Waals surface area contributed by atoms with Gasteiger partial charge in [0.2, 0.25) is 0 Å². The Morgan fingerprint density at radius 3 is 2.81 bits per heavy atom. The Bertz CT molecular complexity index is 685. The van der Waals surface area contributed by atoms with Gasteiger partial charge in [-0.25, -0.2) is 4.79 Å². The topological polar surface area (TPSA) is 75.8 Å². The lowest BCUT2D eigenvalue weighted by Gasteiger charge is -2.24. The van der Waals surface area contributed by atoms with E-state index in [4.69, 9.17) is 10.5 Å². The molecule has 2 aromatic rings. The molecule has 0 aliphatic carbocycles. The fraction of sp³-hybridized carbons (Fsp3) is 0.188. The minimum Gasteiger partial charge on any atom is -0.491 e. The lowest BCUT2D eigenvalue weighted by molar-refractivity contribution is 0.0698. The largest absolute Gasteiger partial charge is 0.491 e. The fourth-order valence-corrected chi connectivity index (χ4v) is 2.55. The highest BCUT2D eigenvalue weighted by molar-refractivity contribution is 5.97. The molecule has 3 N–H and O–H groups in total. The zero-order chi connectivity index (χ0) is 14.8. The molecule has 0 atom stereocenters. The predicted octanol–water partition coefficient (Wildman–Crippen LogP) is 2.37. The third-order valence-electron chi connectivity index (χ3n) is 3.61. The van der Waals surface area contributed by atoms with Crippen molar-refractivity contribution >= 4 is 17.3 Å². The maximum Gasteiger partial charge on any atom is 0.337 e. The van der Waals surface area contributed by atoms with E-state index in [1.165, 1.54) is 6.07 Å². The van der Waals surface area contributed by atoms with Crippen molar-refractivity contribution < 1.29 is 14.6 Å². The van der Waals surface area contributed by atoms with Crippen LogP contribution in [0.25, 0.3) is 0 Å². The van der Waals surface area contributed by atoms with Crippen LogP contribution in [0.5, 0.6) is 5.75 Å². The highest BCUT2D eigenvalue weighted by atomic mass is 16.5. The number of rotatable bonds is 2. The van der Waals surface area contributed by atoms with Crippen molar-refractivity contribution in [3.63, 3.8) is 0 Å². The second-order valence-corrected chi connectivity index (χ2v) is 4.92. The number of benzene rings is 2. The Kier molecular flexibility index (Phi) is 3.39. The van der Waals surface area contributed by atoms with Crippen molar-refractivity contribution in [2.75, 3.05) is 23.8 Å². The Morgan fingerprint density at radius 2 is 2.00 bits per heavy atom. The summed E-state index contributed by atoms with van der Waals surface area (Å²) in [5.41, 5.74) is 8.25. The Labute approximate surface area is 122 Å². The normalized spacial score (nSPS) is 14.0. The molecule has 0 saturated carbocycles. The average Bonchev–Trinajstić information content (AvgIpc) is 2.69. The van der Waals surface area contributed by atoms with Gasteiger partial charge in [-0.3, -0.25) is 0 Å². The first-order valence-corrected chi connectivity index (χ1v) is 6.74. The molecule has 2 aromatic carbocycles. The van der Waals surface area contributed by atoms with Crippen molar-refractivity contribution in [2.24, 2.45) is 0 Å².